The van der Waals surface area contributed by atoms with Gasteiger partial charge in [0.2, 0.25) is 0 Å². The fourth-order valence-corrected chi connectivity index (χ4v) is 1.25. The number of hydrogen-bond acceptors (Lipinski definition) is 5. The standard InChI is InChI=1S/C12H14N4O3/c13-4-1-2-9-8-15-5-3-10(9)11(17)16-6-7-19-12(14)18/h3,5,8H,4,6-7,13H2,(H2,14,18)(H,16,17). The topological polar surface area (TPSA) is 120 Å². The molecular weight excluding hydrogens is 248 g/mol. The number of pyridine rings is 1. The van der Waals surface area contributed by atoms with Crippen LogP contribution in [0.25, 0.3) is 0 Å². The Bertz CT molecular complexity index is 519. The van der Waals surface area contributed by atoms with Crippen LogP contribution < -0.4 is 16.8 Å². The lowest BCUT2D eigenvalue weighted by atomic mass is 10.1. The molecular formula is C12H14N4O3. The fraction of sp³-hybridized carbons (Fsp3) is 0.250. The number of carbonyl (C=O) groups excluding carboxylic acids is 2. The number of nitrogens with one attached hydrogen (secondary N) is 1. The molecule has 0 spiro atoms. The third-order valence-corrected chi connectivity index (χ3v) is 2.02. The molecule has 0 atom stereocenters. The predicted octanol–water partition coefficient (Wildman–Crippen LogP) is -0.783. The second kappa shape index (κ2) is 7.68. The summed E-state index contributed by atoms with van der Waals surface area (Å²) in [6.45, 7) is 0.367. The SMILES string of the molecule is NCC#Cc1cnccc1C(=O)NCCOC(N)=O. The first-order valence-corrected chi connectivity index (χ1v) is 5.48. The normalized spacial score (nSPS) is 9.11. The van der Waals surface area contributed by atoms with Crippen LogP contribution in [0.15, 0.2) is 18.5 Å². The van der Waals surface area contributed by atoms with E-state index in [1.54, 1.807) is 6.07 Å². The monoisotopic (exact) mass is 262 g/mol. The Hall–Kier alpha value is -2.59. The van der Waals surface area contributed by atoms with E-state index in [-0.39, 0.29) is 25.6 Å². The maximum Gasteiger partial charge on any atom is 0.404 e. The molecule has 0 unspecified atom stereocenters. The Morgan fingerprint density at radius 2 is 2.26 bits per heavy atom. The van der Waals surface area contributed by atoms with Crippen molar-refractivity contribution in [1.29, 1.82) is 0 Å². The van der Waals surface area contributed by atoms with Gasteiger partial charge in [-0.25, -0.2) is 4.79 Å². The second-order valence-corrected chi connectivity index (χ2v) is 3.35. The number of ether oxygens (including phenoxy) is 1. The van der Waals surface area contributed by atoms with Crippen molar-refractivity contribution in [3.8, 4) is 11.8 Å². The van der Waals surface area contributed by atoms with Gasteiger partial charge in [0.25, 0.3) is 5.91 Å². The van der Waals surface area contributed by atoms with Gasteiger partial charge >= 0.3 is 6.09 Å². The van der Waals surface area contributed by atoms with Gasteiger partial charge in [-0.1, -0.05) is 11.8 Å². The van der Waals surface area contributed by atoms with E-state index in [1.807, 2.05) is 0 Å². The number of rotatable bonds is 4. The van der Waals surface area contributed by atoms with Crippen molar-refractivity contribution in [2.45, 2.75) is 0 Å². The minimum Gasteiger partial charge on any atom is -0.448 e. The van der Waals surface area contributed by atoms with E-state index in [2.05, 4.69) is 26.9 Å². The van der Waals surface area contributed by atoms with E-state index < -0.39 is 6.09 Å². The Morgan fingerprint density at radius 3 is 2.95 bits per heavy atom. The summed E-state index contributed by atoms with van der Waals surface area (Å²) in [5.41, 5.74) is 10.9. The van der Waals surface area contributed by atoms with Crippen LogP contribution in [0.3, 0.4) is 0 Å². The summed E-state index contributed by atoms with van der Waals surface area (Å²) in [6, 6.07) is 1.55. The van der Waals surface area contributed by atoms with Crippen molar-refractivity contribution < 1.29 is 14.3 Å². The Balaban J connectivity index is 2.63. The van der Waals surface area contributed by atoms with Crippen LogP contribution in [0.2, 0.25) is 0 Å². The summed E-state index contributed by atoms with van der Waals surface area (Å²) < 4.78 is 4.49. The van der Waals surface area contributed by atoms with Crippen molar-refractivity contribution in [1.82, 2.24) is 10.3 Å². The first-order valence-electron chi connectivity index (χ1n) is 5.48. The van der Waals surface area contributed by atoms with Gasteiger partial charge in [-0.15, -0.1) is 0 Å². The lowest BCUT2D eigenvalue weighted by molar-refractivity contribution is 0.0936. The van der Waals surface area contributed by atoms with Crippen molar-refractivity contribution in [3.63, 3.8) is 0 Å². The average molecular weight is 262 g/mol. The van der Waals surface area contributed by atoms with Crippen molar-refractivity contribution in [3.05, 3.63) is 29.6 Å². The number of hydrogen-bond donors (Lipinski definition) is 3. The van der Waals surface area contributed by atoms with Crippen LogP contribution in [0.1, 0.15) is 15.9 Å². The molecule has 100 valence electrons. The number of nitrogens with two attached hydrogens (primary N) is 2. The minimum atomic E-state index is -0.882. The molecule has 19 heavy (non-hydrogen) atoms. The van der Waals surface area contributed by atoms with Gasteiger partial charge < -0.3 is 21.5 Å². The smallest absolute Gasteiger partial charge is 0.404 e. The van der Waals surface area contributed by atoms with E-state index >= 15 is 0 Å². The van der Waals surface area contributed by atoms with E-state index in [0.29, 0.717) is 11.1 Å². The van der Waals surface area contributed by atoms with E-state index in [9.17, 15) is 9.59 Å². The van der Waals surface area contributed by atoms with Crippen molar-refractivity contribution in [2.24, 2.45) is 11.5 Å². The van der Waals surface area contributed by atoms with Crippen LogP contribution in [-0.4, -0.2) is 36.7 Å². The summed E-state index contributed by atoms with van der Waals surface area (Å²) in [5, 5.41) is 2.57. The zero-order valence-corrected chi connectivity index (χ0v) is 10.2. The molecule has 1 rings (SSSR count). The van der Waals surface area contributed by atoms with Gasteiger partial charge in [-0.2, -0.15) is 0 Å². The molecule has 0 bridgehead atoms. The average Bonchev–Trinajstić information content (AvgIpc) is 2.41. The van der Waals surface area contributed by atoms with E-state index in [0.717, 1.165) is 0 Å². The van der Waals surface area contributed by atoms with Crippen LogP contribution in [0.4, 0.5) is 4.79 Å². The lowest BCUT2D eigenvalue weighted by Crippen LogP contribution is -2.29. The number of amides is 2. The first kappa shape index (κ1) is 14.5. The van der Waals surface area contributed by atoms with Crippen LogP contribution in [0, 0.1) is 11.8 Å². The summed E-state index contributed by atoms with van der Waals surface area (Å²) in [7, 11) is 0. The molecule has 0 radical (unpaired) electrons. The number of aromatic nitrogens is 1. The maximum absolute atomic E-state index is 11.9. The molecule has 0 aromatic carbocycles. The van der Waals surface area contributed by atoms with Crippen LogP contribution >= 0.6 is 0 Å². The third kappa shape index (κ3) is 5.06. The van der Waals surface area contributed by atoms with Gasteiger partial charge in [0.1, 0.15) is 6.61 Å². The largest absolute Gasteiger partial charge is 0.448 e. The maximum atomic E-state index is 11.9. The van der Waals surface area contributed by atoms with Crippen molar-refractivity contribution >= 4 is 12.0 Å². The molecule has 5 N–H and O–H groups in total. The van der Waals surface area contributed by atoms with Gasteiger partial charge in [-0.3, -0.25) is 9.78 Å². The third-order valence-electron chi connectivity index (χ3n) is 2.02. The molecule has 0 saturated heterocycles. The summed E-state index contributed by atoms with van der Waals surface area (Å²) in [4.78, 5) is 26.1. The Morgan fingerprint density at radius 1 is 1.47 bits per heavy atom. The predicted molar refractivity (Wildman–Crippen MR) is 68.0 cm³/mol. The molecule has 1 aromatic rings. The molecule has 1 aromatic heterocycles. The van der Waals surface area contributed by atoms with Gasteiger partial charge in [0, 0.05) is 12.4 Å². The molecule has 1 heterocycles. The molecule has 2 amide bonds. The van der Waals surface area contributed by atoms with Gasteiger partial charge in [-0.05, 0) is 6.07 Å². The molecule has 7 heteroatoms. The second-order valence-electron chi connectivity index (χ2n) is 3.35. The number of primary amides is 1. The summed E-state index contributed by atoms with van der Waals surface area (Å²) in [6.07, 6.45) is 2.09. The highest BCUT2D eigenvalue weighted by Crippen LogP contribution is 2.04. The molecule has 0 saturated carbocycles. The summed E-state index contributed by atoms with van der Waals surface area (Å²) >= 11 is 0. The molecule has 0 aliphatic heterocycles. The summed E-state index contributed by atoms with van der Waals surface area (Å²) in [5.74, 6) is 5.08. The van der Waals surface area contributed by atoms with Crippen LogP contribution in [0.5, 0.6) is 0 Å². The quantitative estimate of drug-likeness (QED) is 0.485. The Kier molecular flexibility index (Phi) is 5.85. The van der Waals surface area contributed by atoms with Crippen LogP contribution in [-0.2, 0) is 4.74 Å². The zero-order valence-electron chi connectivity index (χ0n) is 10.2. The minimum absolute atomic E-state index is 0.00989. The first-order chi connectivity index (χ1) is 9.15. The lowest BCUT2D eigenvalue weighted by Gasteiger charge is -2.06. The fourth-order valence-electron chi connectivity index (χ4n) is 1.25. The molecule has 7 nitrogen and oxygen atoms in total. The number of nitrogens with zero attached hydrogens (tertiary/aromatic N) is 1. The highest BCUT2D eigenvalue weighted by atomic mass is 16.5. The molecule has 0 aliphatic carbocycles. The Labute approximate surface area is 110 Å². The highest BCUT2D eigenvalue weighted by molar-refractivity contribution is 5.96. The molecule has 0 fully saturated rings. The van der Waals surface area contributed by atoms with Crippen molar-refractivity contribution in [2.75, 3.05) is 19.7 Å². The molecule has 0 aliphatic rings. The number of carbonyl (C=O) groups is 2. The van der Waals surface area contributed by atoms with Gasteiger partial charge in [0.15, 0.2) is 0 Å². The van der Waals surface area contributed by atoms with Gasteiger partial charge in [0.05, 0.1) is 24.2 Å². The van der Waals surface area contributed by atoms with E-state index in [1.165, 1.54) is 12.4 Å². The van der Waals surface area contributed by atoms with E-state index in [4.69, 9.17) is 11.5 Å². The zero-order chi connectivity index (χ0) is 14.1. The highest BCUT2D eigenvalue weighted by Gasteiger charge is 2.09.